The lowest BCUT2D eigenvalue weighted by Gasteiger charge is -2.53. The summed E-state index contributed by atoms with van der Waals surface area (Å²) in [7, 11) is 0. The Kier molecular flexibility index (Phi) is 3.21. The van der Waals surface area contributed by atoms with Gasteiger partial charge in [0.15, 0.2) is 0 Å². The molecule has 0 unspecified atom stereocenters. The van der Waals surface area contributed by atoms with Crippen molar-refractivity contribution in [3.63, 3.8) is 0 Å². The zero-order chi connectivity index (χ0) is 14.4. The largest absolute Gasteiger partial charge is 0.458 e. The van der Waals surface area contributed by atoms with Gasteiger partial charge in [-0.25, -0.2) is 4.79 Å². The van der Waals surface area contributed by atoms with Gasteiger partial charge in [-0.3, -0.25) is 4.98 Å². The van der Waals surface area contributed by atoms with E-state index in [1.165, 1.54) is 32.1 Å². The molecule has 21 heavy (non-hydrogen) atoms. The third-order valence-electron chi connectivity index (χ3n) is 5.65. The molecule has 0 atom stereocenters. The van der Waals surface area contributed by atoms with Gasteiger partial charge in [0.25, 0.3) is 0 Å². The molecule has 4 heteroatoms. The quantitative estimate of drug-likeness (QED) is 0.867. The molecule has 2 N–H and O–H groups in total. The zero-order valence-electron chi connectivity index (χ0n) is 12.2. The number of nitrogens with zero attached hydrogens (tertiary/aromatic N) is 1. The molecule has 4 fully saturated rings. The van der Waals surface area contributed by atoms with E-state index in [9.17, 15) is 4.79 Å². The molecule has 1 heterocycles. The van der Waals surface area contributed by atoms with Crippen LogP contribution in [0.4, 0.5) is 0 Å². The summed E-state index contributed by atoms with van der Waals surface area (Å²) in [5, 5.41) is 0. The first-order valence-corrected chi connectivity index (χ1v) is 8.09. The Morgan fingerprint density at radius 1 is 1.14 bits per heavy atom. The van der Waals surface area contributed by atoms with E-state index in [0.717, 1.165) is 17.5 Å². The number of nitrogens with two attached hydrogens (primary N) is 1. The number of carbonyl (C=O) groups is 1. The summed E-state index contributed by atoms with van der Waals surface area (Å²) in [4.78, 5) is 16.5. The molecule has 4 aliphatic carbocycles. The molecule has 0 aliphatic heterocycles. The van der Waals surface area contributed by atoms with Crippen molar-refractivity contribution in [2.24, 2.45) is 29.4 Å². The number of hydrogen-bond donors (Lipinski definition) is 1. The average Bonchev–Trinajstić information content (AvgIpc) is 2.50. The molecule has 1 aromatic rings. The number of rotatable bonds is 3. The number of esters is 1. The van der Waals surface area contributed by atoms with Gasteiger partial charge in [-0.2, -0.15) is 0 Å². The molecule has 0 amide bonds. The van der Waals surface area contributed by atoms with E-state index < -0.39 is 0 Å². The summed E-state index contributed by atoms with van der Waals surface area (Å²) >= 11 is 0. The van der Waals surface area contributed by atoms with Gasteiger partial charge in [0, 0.05) is 12.7 Å². The van der Waals surface area contributed by atoms with Crippen molar-refractivity contribution in [1.82, 2.24) is 4.98 Å². The summed E-state index contributed by atoms with van der Waals surface area (Å²) in [5.41, 5.74) is 6.86. The average molecular weight is 286 g/mol. The zero-order valence-corrected chi connectivity index (χ0v) is 12.2. The van der Waals surface area contributed by atoms with Crippen molar-refractivity contribution in [3.05, 3.63) is 29.6 Å². The second-order valence-corrected chi connectivity index (χ2v) is 7.04. The van der Waals surface area contributed by atoms with Crippen LogP contribution in [0.15, 0.2) is 18.3 Å². The van der Waals surface area contributed by atoms with E-state index in [1.54, 1.807) is 18.3 Å². The van der Waals surface area contributed by atoms with Gasteiger partial charge in [-0.15, -0.1) is 0 Å². The van der Waals surface area contributed by atoms with Crippen LogP contribution in [0, 0.1) is 23.7 Å². The number of hydrogen-bond acceptors (Lipinski definition) is 4. The highest BCUT2D eigenvalue weighted by atomic mass is 16.5. The van der Waals surface area contributed by atoms with Crippen molar-refractivity contribution in [2.75, 3.05) is 0 Å². The fourth-order valence-electron chi connectivity index (χ4n) is 4.93. The maximum absolute atomic E-state index is 12.3. The highest BCUT2D eigenvalue weighted by Crippen LogP contribution is 2.54. The van der Waals surface area contributed by atoms with Gasteiger partial charge < -0.3 is 10.5 Å². The predicted octanol–water partition coefficient (Wildman–Crippen LogP) is 2.52. The van der Waals surface area contributed by atoms with Gasteiger partial charge in [-0.1, -0.05) is 0 Å². The van der Waals surface area contributed by atoms with Gasteiger partial charge in [0.05, 0.1) is 11.3 Å². The van der Waals surface area contributed by atoms with Crippen LogP contribution in [0.5, 0.6) is 0 Å². The molecule has 0 radical (unpaired) electrons. The number of carbonyl (C=O) groups excluding carboxylic acids is 1. The van der Waals surface area contributed by atoms with Crippen molar-refractivity contribution >= 4 is 5.97 Å². The minimum absolute atomic E-state index is 0.138. The summed E-state index contributed by atoms with van der Waals surface area (Å²) in [6, 6.07) is 3.57. The normalized spacial score (nSPS) is 36.7. The molecular formula is C17H22N2O2. The van der Waals surface area contributed by atoms with Gasteiger partial charge >= 0.3 is 5.97 Å². The Hall–Kier alpha value is -1.42. The highest BCUT2D eigenvalue weighted by Gasteiger charge is 2.49. The van der Waals surface area contributed by atoms with E-state index >= 15 is 0 Å². The van der Waals surface area contributed by atoms with Crippen LogP contribution in [-0.4, -0.2) is 17.1 Å². The fraction of sp³-hybridized carbons (Fsp3) is 0.647. The Balaban J connectivity index is 1.46. The molecule has 4 bridgehead atoms. The van der Waals surface area contributed by atoms with E-state index in [1.807, 2.05) is 0 Å². The SMILES string of the molecule is NCc1ccc(C(=O)OC2C3CC4CC(C3)CC2C4)cn1. The van der Waals surface area contributed by atoms with Crippen LogP contribution >= 0.6 is 0 Å². The predicted molar refractivity (Wildman–Crippen MR) is 78.4 cm³/mol. The fourth-order valence-corrected chi connectivity index (χ4v) is 4.93. The van der Waals surface area contributed by atoms with E-state index in [0.29, 0.717) is 23.9 Å². The number of aromatic nitrogens is 1. The van der Waals surface area contributed by atoms with Crippen molar-refractivity contribution in [2.45, 2.75) is 44.8 Å². The molecule has 0 spiro atoms. The third-order valence-corrected chi connectivity index (χ3v) is 5.65. The molecule has 4 nitrogen and oxygen atoms in total. The second-order valence-electron chi connectivity index (χ2n) is 7.04. The lowest BCUT2D eigenvalue weighted by molar-refractivity contribution is -0.101. The van der Waals surface area contributed by atoms with E-state index in [2.05, 4.69) is 4.98 Å². The first kappa shape index (κ1) is 13.3. The van der Waals surface area contributed by atoms with Crippen LogP contribution in [0.25, 0.3) is 0 Å². The Labute approximate surface area is 125 Å². The maximum atomic E-state index is 12.3. The Morgan fingerprint density at radius 2 is 1.81 bits per heavy atom. The highest BCUT2D eigenvalue weighted by molar-refractivity contribution is 5.89. The van der Waals surface area contributed by atoms with Crippen molar-refractivity contribution in [3.8, 4) is 0 Å². The summed E-state index contributed by atoms with van der Waals surface area (Å²) < 4.78 is 5.88. The van der Waals surface area contributed by atoms with E-state index in [-0.39, 0.29) is 12.1 Å². The van der Waals surface area contributed by atoms with Gasteiger partial charge in [-0.05, 0) is 67.9 Å². The summed E-state index contributed by atoms with van der Waals surface area (Å²) in [6.45, 7) is 0.394. The smallest absolute Gasteiger partial charge is 0.339 e. The second kappa shape index (κ2) is 5.09. The first-order valence-electron chi connectivity index (χ1n) is 8.09. The van der Waals surface area contributed by atoms with Crippen molar-refractivity contribution < 1.29 is 9.53 Å². The number of pyridine rings is 1. The minimum atomic E-state index is -0.219. The number of ether oxygens (including phenoxy) is 1. The summed E-state index contributed by atoms with van der Waals surface area (Å²) in [5.74, 6) is 2.77. The third kappa shape index (κ3) is 2.35. The Bertz CT molecular complexity index is 512. The van der Waals surface area contributed by atoms with Crippen molar-refractivity contribution in [1.29, 1.82) is 0 Å². The topological polar surface area (TPSA) is 65.2 Å². The van der Waals surface area contributed by atoms with Gasteiger partial charge in [0.1, 0.15) is 6.10 Å². The molecule has 0 saturated heterocycles. The molecule has 5 rings (SSSR count). The lowest BCUT2D eigenvalue weighted by Crippen LogP contribution is -2.50. The molecule has 0 aromatic carbocycles. The molecule has 1 aromatic heterocycles. The molecule has 112 valence electrons. The molecular weight excluding hydrogens is 264 g/mol. The minimum Gasteiger partial charge on any atom is -0.458 e. The van der Waals surface area contributed by atoms with Gasteiger partial charge in [0.2, 0.25) is 0 Å². The van der Waals surface area contributed by atoms with Crippen LogP contribution in [-0.2, 0) is 11.3 Å². The van der Waals surface area contributed by atoms with E-state index in [4.69, 9.17) is 10.5 Å². The van der Waals surface area contributed by atoms with Crippen LogP contribution in [0.3, 0.4) is 0 Å². The lowest BCUT2D eigenvalue weighted by atomic mass is 9.55. The van der Waals surface area contributed by atoms with Crippen LogP contribution in [0.2, 0.25) is 0 Å². The van der Waals surface area contributed by atoms with Crippen LogP contribution < -0.4 is 5.73 Å². The Morgan fingerprint density at radius 3 is 2.33 bits per heavy atom. The standard InChI is InChI=1S/C17H22N2O2/c18-8-15-2-1-12(9-19-15)17(20)21-16-13-4-10-3-11(6-13)7-14(16)5-10/h1-2,9-11,13-14,16H,3-8,18H2. The molecule has 4 aliphatic rings. The van der Waals surface area contributed by atoms with Crippen LogP contribution in [0.1, 0.15) is 48.2 Å². The maximum Gasteiger partial charge on any atom is 0.339 e. The first-order chi connectivity index (χ1) is 10.2. The summed E-state index contributed by atoms with van der Waals surface area (Å²) in [6.07, 6.45) is 8.17. The molecule has 4 saturated carbocycles. The monoisotopic (exact) mass is 286 g/mol.